The van der Waals surface area contributed by atoms with E-state index in [1.165, 1.54) is 4.90 Å². The van der Waals surface area contributed by atoms with Crippen LogP contribution in [-0.2, 0) is 4.79 Å². The lowest BCUT2D eigenvalue weighted by molar-refractivity contribution is -0.130. The van der Waals surface area contributed by atoms with Crippen molar-refractivity contribution >= 4 is 17.9 Å². The van der Waals surface area contributed by atoms with Gasteiger partial charge in [0.2, 0.25) is 5.91 Å². The molecule has 0 aliphatic carbocycles. The number of hydrogen-bond acceptors (Lipinski definition) is 3. The average molecular weight is 309 g/mol. The molecule has 7 heteroatoms. The second-order valence-electron chi connectivity index (χ2n) is 6.91. The quantitative estimate of drug-likeness (QED) is 0.710. The number of carbonyl (C=O) groups excluding carboxylic acids is 2. The molecule has 2 aliphatic heterocycles. The second kappa shape index (κ2) is 6.14. The van der Waals surface area contributed by atoms with Gasteiger partial charge in [-0.3, -0.25) is 15.1 Å². The van der Waals surface area contributed by atoms with E-state index in [1.54, 1.807) is 7.05 Å². The number of nitrogens with zero attached hydrogens (tertiary/aromatic N) is 2. The van der Waals surface area contributed by atoms with Crippen LogP contribution in [0, 0.1) is 11.3 Å². The van der Waals surface area contributed by atoms with Crippen LogP contribution >= 0.6 is 0 Å². The molecule has 0 bridgehead atoms. The fourth-order valence-electron chi connectivity index (χ4n) is 3.22. The predicted octanol–water partition coefficient (Wildman–Crippen LogP) is 0.962. The number of amides is 3. The Morgan fingerprint density at radius 1 is 1.50 bits per heavy atom. The summed E-state index contributed by atoms with van der Waals surface area (Å²) in [6.45, 7) is 7.24. The molecule has 2 heterocycles. The van der Waals surface area contributed by atoms with Crippen molar-refractivity contribution in [3.63, 3.8) is 0 Å². The summed E-state index contributed by atoms with van der Waals surface area (Å²) >= 11 is 0. The minimum atomic E-state index is -0.461. The number of rotatable bonds is 2. The van der Waals surface area contributed by atoms with E-state index in [1.807, 2.05) is 25.7 Å². The van der Waals surface area contributed by atoms with Crippen molar-refractivity contribution in [2.24, 2.45) is 5.92 Å². The Bertz CT molecular complexity index is 459. The van der Waals surface area contributed by atoms with Gasteiger partial charge in [0.05, 0.1) is 12.0 Å². The second-order valence-corrected chi connectivity index (χ2v) is 6.91. The zero-order chi connectivity index (χ0) is 16.5. The Labute approximate surface area is 131 Å². The molecule has 0 radical (unpaired) electrons. The maximum absolute atomic E-state index is 12.2. The first kappa shape index (κ1) is 16.6. The number of carbonyl (C=O) groups is 2. The summed E-state index contributed by atoms with van der Waals surface area (Å²) in [5, 5.41) is 14.0. The van der Waals surface area contributed by atoms with E-state index in [-0.39, 0.29) is 29.9 Å². The van der Waals surface area contributed by atoms with E-state index < -0.39 is 5.54 Å². The van der Waals surface area contributed by atoms with Gasteiger partial charge in [-0.25, -0.2) is 4.79 Å². The summed E-state index contributed by atoms with van der Waals surface area (Å²) in [5.41, 5.74) is -0.461. The molecule has 0 aromatic rings. The van der Waals surface area contributed by atoms with Crippen LogP contribution in [0.3, 0.4) is 0 Å². The first-order chi connectivity index (χ1) is 10.2. The van der Waals surface area contributed by atoms with Gasteiger partial charge in [-0.1, -0.05) is 0 Å². The van der Waals surface area contributed by atoms with Crippen molar-refractivity contribution in [2.75, 3.05) is 20.1 Å². The molecular weight excluding hydrogens is 282 g/mol. The van der Waals surface area contributed by atoms with Crippen LogP contribution in [0.2, 0.25) is 0 Å². The highest BCUT2D eigenvalue weighted by Gasteiger charge is 2.44. The Kier molecular flexibility index (Phi) is 4.63. The minimum absolute atomic E-state index is 0.0439. The van der Waals surface area contributed by atoms with Gasteiger partial charge in [0.1, 0.15) is 0 Å². The topological polar surface area (TPSA) is 88.5 Å². The van der Waals surface area contributed by atoms with Crippen molar-refractivity contribution in [1.82, 2.24) is 20.4 Å². The van der Waals surface area contributed by atoms with Gasteiger partial charge >= 0.3 is 6.03 Å². The highest BCUT2D eigenvalue weighted by atomic mass is 16.2. The standard InChI is InChI=1S/C15H27N5O2/c1-10(2)17-14(22)20-7-5-6-11(9-20)15(3)8-12(21)19(4)13(16)18-15/h10-11H,5-9H2,1-4H3,(H2,16,18)(H,17,22)/t11?,15-/m0/s1. The zero-order valence-electron chi connectivity index (χ0n) is 13.9. The van der Waals surface area contributed by atoms with Crippen LogP contribution in [0.5, 0.6) is 0 Å². The number of likely N-dealkylation sites (tertiary alicyclic amines) is 1. The maximum atomic E-state index is 12.2. The number of hydrogen-bond donors (Lipinski definition) is 3. The Morgan fingerprint density at radius 3 is 2.77 bits per heavy atom. The van der Waals surface area contributed by atoms with Gasteiger partial charge in [-0.15, -0.1) is 0 Å². The number of piperidine rings is 1. The van der Waals surface area contributed by atoms with Crippen LogP contribution in [0.25, 0.3) is 0 Å². The van der Waals surface area contributed by atoms with E-state index in [2.05, 4.69) is 10.6 Å². The molecule has 2 atom stereocenters. The number of urea groups is 1. The number of guanidine groups is 1. The van der Waals surface area contributed by atoms with Gasteiger partial charge in [-0.2, -0.15) is 0 Å². The zero-order valence-corrected chi connectivity index (χ0v) is 13.9. The van der Waals surface area contributed by atoms with Gasteiger partial charge in [-0.05, 0) is 39.5 Å². The molecule has 0 aromatic heterocycles. The summed E-state index contributed by atoms with van der Waals surface area (Å²) in [4.78, 5) is 27.4. The van der Waals surface area contributed by atoms with Crippen molar-refractivity contribution in [2.45, 2.75) is 51.6 Å². The van der Waals surface area contributed by atoms with E-state index >= 15 is 0 Å². The molecule has 22 heavy (non-hydrogen) atoms. The highest BCUT2D eigenvalue weighted by molar-refractivity contribution is 5.98. The van der Waals surface area contributed by atoms with Crippen LogP contribution in [0.1, 0.15) is 40.0 Å². The third-order valence-corrected chi connectivity index (χ3v) is 4.65. The van der Waals surface area contributed by atoms with Crippen molar-refractivity contribution in [3.8, 4) is 0 Å². The Hall–Kier alpha value is -1.79. The van der Waals surface area contributed by atoms with E-state index in [9.17, 15) is 9.59 Å². The minimum Gasteiger partial charge on any atom is -0.350 e. The first-order valence-electron chi connectivity index (χ1n) is 7.91. The third kappa shape index (κ3) is 3.34. The fourth-order valence-corrected chi connectivity index (χ4v) is 3.22. The van der Waals surface area contributed by atoms with Gasteiger partial charge in [0, 0.05) is 26.2 Å². The molecule has 2 fully saturated rings. The molecule has 7 nitrogen and oxygen atoms in total. The molecule has 124 valence electrons. The molecule has 3 amide bonds. The van der Waals surface area contributed by atoms with Crippen LogP contribution in [0.4, 0.5) is 4.79 Å². The van der Waals surface area contributed by atoms with E-state index in [0.717, 1.165) is 19.4 Å². The first-order valence-corrected chi connectivity index (χ1v) is 7.91. The molecule has 2 rings (SSSR count). The lowest BCUT2D eigenvalue weighted by Gasteiger charge is -2.47. The maximum Gasteiger partial charge on any atom is 0.317 e. The van der Waals surface area contributed by atoms with Crippen LogP contribution < -0.4 is 10.6 Å². The summed E-state index contributed by atoms with van der Waals surface area (Å²) in [5.74, 6) is 0.259. The molecule has 0 aromatic carbocycles. The largest absolute Gasteiger partial charge is 0.350 e. The predicted molar refractivity (Wildman–Crippen MR) is 84.6 cm³/mol. The number of nitrogens with one attached hydrogen (secondary N) is 3. The Balaban J connectivity index is 2.07. The van der Waals surface area contributed by atoms with Crippen LogP contribution in [0.15, 0.2) is 0 Å². The van der Waals surface area contributed by atoms with E-state index in [0.29, 0.717) is 13.0 Å². The lowest BCUT2D eigenvalue weighted by atomic mass is 9.76. The summed E-state index contributed by atoms with van der Waals surface area (Å²) < 4.78 is 0. The lowest BCUT2D eigenvalue weighted by Crippen LogP contribution is -2.65. The van der Waals surface area contributed by atoms with E-state index in [4.69, 9.17) is 5.41 Å². The monoisotopic (exact) mass is 309 g/mol. The molecule has 0 spiro atoms. The molecule has 0 saturated carbocycles. The third-order valence-electron chi connectivity index (χ3n) is 4.65. The van der Waals surface area contributed by atoms with Crippen molar-refractivity contribution < 1.29 is 9.59 Å². The van der Waals surface area contributed by atoms with Gasteiger partial charge in [0.15, 0.2) is 5.96 Å². The molecule has 3 N–H and O–H groups in total. The molecule has 2 aliphatic rings. The molecular formula is C15H27N5O2. The van der Waals surface area contributed by atoms with Gasteiger partial charge < -0.3 is 15.5 Å². The smallest absolute Gasteiger partial charge is 0.317 e. The van der Waals surface area contributed by atoms with Crippen LogP contribution in [-0.4, -0.2) is 59.4 Å². The Morgan fingerprint density at radius 2 is 2.18 bits per heavy atom. The SMILES string of the molecule is CC(C)NC(=O)N1CCCC([C@]2(C)CC(=O)N(C)C(=N)N2)C1. The highest BCUT2D eigenvalue weighted by Crippen LogP contribution is 2.32. The summed E-state index contributed by atoms with van der Waals surface area (Å²) in [6.07, 6.45) is 2.24. The van der Waals surface area contributed by atoms with Crippen molar-refractivity contribution in [3.05, 3.63) is 0 Å². The average Bonchev–Trinajstić information content (AvgIpc) is 2.44. The fraction of sp³-hybridized carbons (Fsp3) is 0.800. The molecule has 1 unspecified atom stereocenters. The normalized spacial score (nSPS) is 29.6. The molecule has 2 saturated heterocycles. The summed E-state index contributed by atoms with van der Waals surface area (Å²) in [7, 11) is 1.61. The van der Waals surface area contributed by atoms with Gasteiger partial charge in [0.25, 0.3) is 0 Å². The van der Waals surface area contributed by atoms with Crippen molar-refractivity contribution in [1.29, 1.82) is 5.41 Å². The summed E-state index contributed by atoms with van der Waals surface area (Å²) in [6, 6.07) is 0.0669.